The highest BCUT2D eigenvalue weighted by atomic mass is 16.1. The van der Waals surface area contributed by atoms with E-state index in [2.05, 4.69) is 21.4 Å². The molecular formula is C20H19N3O. The molecule has 0 fully saturated rings. The van der Waals surface area contributed by atoms with Crippen LogP contribution in [0.3, 0.4) is 0 Å². The average molecular weight is 317 g/mol. The maximum Gasteiger partial charge on any atom is 0.251 e. The normalized spacial score (nSPS) is 10.4. The van der Waals surface area contributed by atoms with Gasteiger partial charge in [-0.05, 0) is 49.7 Å². The highest BCUT2D eigenvalue weighted by Crippen LogP contribution is 2.20. The lowest BCUT2D eigenvalue weighted by Crippen LogP contribution is -2.23. The van der Waals surface area contributed by atoms with E-state index in [9.17, 15) is 4.79 Å². The van der Waals surface area contributed by atoms with Crippen LogP contribution in [-0.4, -0.2) is 15.9 Å². The van der Waals surface area contributed by atoms with Crippen LogP contribution in [-0.2, 0) is 6.54 Å². The van der Waals surface area contributed by atoms with Gasteiger partial charge in [0, 0.05) is 36.3 Å². The maximum atomic E-state index is 12.4. The second kappa shape index (κ2) is 7.04. The molecule has 0 aliphatic carbocycles. The number of nitrogens with zero attached hydrogens (tertiary/aromatic N) is 2. The highest BCUT2D eigenvalue weighted by Gasteiger charge is 2.10. The minimum Gasteiger partial charge on any atom is -0.348 e. The zero-order valence-electron chi connectivity index (χ0n) is 13.8. The summed E-state index contributed by atoms with van der Waals surface area (Å²) >= 11 is 0. The molecule has 0 atom stereocenters. The molecule has 3 rings (SSSR count). The van der Waals surface area contributed by atoms with Crippen molar-refractivity contribution in [1.29, 1.82) is 0 Å². The smallest absolute Gasteiger partial charge is 0.251 e. The third-order valence-electron chi connectivity index (χ3n) is 3.77. The Morgan fingerprint density at radius 3 is 2.42 bits per heavy atom. The standard InChI is InChI=1S/C20H19N3O/c1-14-10-15(2)12-18(11-14)20(24)23-13-17-4-3-7-22-19(17)16-5-8-21-9-6-16/h3-12H,13H2,1-2H3,(H,23,24). The lowest BCUT2D eigenvalue weighted by atomic mass is 10.1. The predicted molar refractivity (Wildman–Crippen MR) is 94.6 cm³/mol. The number of hydrogen-bond donors (Lipinski definition) is 1. The van der Waals surface area contributed by atoms with Gasteiger partial charge in [0.15, 0.2) is 0 Å². The lowest BCUT2D eigenvalue weighted by Gasteiger charge is -2.10. The number of amides is 1. The van der Waals surface area contributed by atoms with Crippen LogP contribution in [0, 0.1) is 13.8 Å². The van der Waals surface area contributed by atoms with Gasteiger partial charge in [-0.15, -0.1) is 0 Å². The fourth-order valence-corrected chi connectivity index (χ4v) is 2.73. The van der Waals surface area contributed by atoms with Crippen LogP contribution in [0.15, 0.2) is 61.1 Å². The first-order valence-electron chi connectivity index (χ1n) is 7.84. The zero-order valence-corrected chi connectivity index (χ0v) is 13.8. The SMILES string of the molecule is Cc1cc(C)cc(C(=O)NCc2cccnc2-c2ccncc2)c1. The quantitative estimate of drug-likeness (QED) is 0.798. The Bertz CT molecular complexity index is 840. The van der Waals surface area contributed by atoms with Crippen LogP contribution in [0.1, 0.15) is 27.0 Å². The van der Waals surface area contributed by atoms with Gasteiger partial charge < -0.3 is 5.32 Å². The molecule has 24 heavy (non-hydrogen) atoms. The number of rotatable bonds is 4. The van der Waals surface area contributed by atoms with Crippen LogP contribution in [0.5, 0.6) is 0 Å². The van der Waals surface area contributed by atoms with Gasteiger partial charge in [0.25, 0.3) is 5.91 Å². The maximum absolute atomic E-state index is 12.4. The van der Waals surface area contributed by atoms with Gasteiger partial charge in [0.2, 0.25) is 0 Å². The molecule has 0 aliphatic heterocycles. The Balaban J connectivity index is 1.79. The molecule has 0 saturated carbocycles. The fourth-order valence-electron chi connectivity index (χ4n) is 2.73. The molecule has 1 amide bonds. The Kier molecular flexibility index (Phi) is 4.66. The van der Waals surface area contributed by atoms with Crippen LogP contribution in [0.4, 0.5) is 0 Å². The summed E-state index contributed by atoms with van der Waals surface area (Å²) in [5.74, 6) is -0.0775. The molecule has 0 unspecified atom stereocenters. The Labute approximate surface area is 141 Å². The minimum absolute atomic E-state index is 0.0775. The Morgan fingerprint density at radius 2 is 1.71 bits per heavy atom. The van der Waals surface area contributed by atoms with Gasteiger partial charge in [-0.2, -0.15) is 0 Å². The molecule has 0 aliphatic rings. The fraction of sp³-hybridized carbons (Fsp3) is 0.150. The summed E-state index contributed by atoms with van der Waals surface area (Å²) in [6.07, 6.45) is 5.23. The molecule has 4 heteroatoms. The predicted octanol–water partition coefficient (Wildman–Crippen LogP) is 3.69. The largest absolute Gasteiger partial charge is 0.348 e. The molecule has 2 heterocycles. The first kappa shape index (κ1) is 15.9. The molecular weight excluding hydrogens is 298 g/mol. The molecule has 0 spiro atoms. The van der Waals surface area contributed by atoms with Gasteiger partial charge in [-0.3, -0.25) is 14.8 Å². The Morgan fingerprint density at radius 1 is 1.00 bits per heavy atom. The van der Waals surface area contributed by atoms with Gasteiger partial charge >= 0.3 is 0 Å². The van der Waals surface area contributed by atoms with Crippen molar-refractivity contribution in [3.8, 4) is 11.3 Å². The summed E-state index contributed by atoms with van der Waals surface area (Å²) in [6, 6.07) is 13.5. The second-order valence-electron chi connectivity index (χ2n) is 5.81. The van der Waals surface area contributed by atoms with Crippen molar-refractivity contribution >= 4 is 5.91 Å². The number of aromatic nitrogens is 2. The van der Waals surface area contributed by atoms with Crippen molar-refractivity contribution in [2.75, 3.05) is 0 Å². The Hall–Kier alpha value is -3.01. The van der Waals surface area contributed by atoms with Gasteiger partial charge in [0.05, 0.1) is 5.69 Å². The van der Waals surface area contributed by atoms with Gasteiger partial charge in [-0.25, -0.2) is 0 Å². The van der Waals surface area contributed by atoms with Crippen LogP contribution in [0.25, 0.3) is 11.3 Å². The average Bonchev–Trinajstić information content (AvgIpc) is 2.60. The molecule has 0 radical (unpaired) electrons. The van der Waals surface area contributed by atoms with E-state index in [1.807, 2.05) is 50.2 Å². The monoisotopic (exact) mass is 317 g/mol. The van der Waals surface area contributed by atoms with Crippen LogP contribution < -0.4 is 5.32 Å². The molecule has 1 aromatic carbocycles. The van der Waals surface area contributed by atoms with Crippen molar-refractivity contribution in [2.45, 2.75) is 20.4 Å². The zero-order chi connectivity index (χ0) is 16.9. The van der Waals surface area contributed by atoms with E-state index in [1.54, 1.807) is 18.6 Å². The summed E-state index contributed by atoms with van der Waals surface area (Å²) < 4.78 is 0. The molecule has 1 N–H and O–H groups in total. The number of benzene rings is 1. The third-order valence-corrected chi connectivity index (χ3v) is 3.77. The van der Waals surface area contributed by atoms with Crippen molar-refractivity contribution in [1.82, 2.24) is 15.3 Å². The summed E-state index contributed by atoms with van der Waals surface area (Å²) in [5, 5.41) is 2.99. The van der Waals surface area contributed by atoms with Crippen molar-refractivity contribution < 1.29 is 4.79 Å². The first-order chi connectivity index (χ1) is 11.6. The minimum atomic E-state index is -0.0775. The summed E-state index contributed by atoms with van der Waals surface area (Å²) in [5.41, 5.74) is 5.67. The van der Waals surface area contributed by atoms with Crippen LogP contribution in [0.2, 0.25) is 0 Å². The number of nitrogens with one attached hydrogen (secondary N) is 1. The summed E-state index contributed by atoms with van der Waals surface area (Å²) in [4.78, 5) is 20.9. The topological polar surface area (TPSA) is 54.9 Å². The number of aryl methyl sites for hydroxylation is 2. The van der Waals surface area contributed by atoms with Crippen molar-refractivity contribution in [3.05, 3.63) is 83.3 Å². The van der Waals surface area contributed by atoms with Gasteiger partial charge in [-0.1, -0.05) is 23.3 Å². The molecule has 4 nitrogen and oxygen atoms in total. The molecule has 120 valence electrons. The molecule has 2 aromatic heterocycles. The highest BCUT2D eigenvalue weighted by molar-refractivity contribution is 5.94. The number of hydrogen-bond acceptors (Lipinski definition) is 3. The van der Waals surface area contributed by atoms with E-state index in [-0.39, 0.29) is 5.91 Å². The van der Waals surface area contributed by atoms with E-state index in [1.165, 1.54) is 0 Å². The number of pyridine rings is 2. The first-order valence-corrected chi connectivity index (χ1v) is 7.84. The van der Waals surface area contributed by atoms with E-state index < -0.39 is 0 Å². The van der Waals surface area contributed by atoms with E-state index in [0.29, 0.717) is 12.1 Å². The van der Waals surface area contributed by atoms with E-state index in [4.69, 9.17) is 0 Å². The lowest BCUT2D eigenvalue weighted by molar-refractivity contribution is 0.0951. The van der Waals surface area contributed by atoms with Crippen molar-refractivity contribution in [2.24, 2.45) is 0 Å². The van der Waals surface area contributed by atoms with Crippen LogP contribution >= 0.6 is 0 Å². The third kappa shape index (κ3) is 3.66. The second-order valence-corrected chi connectivity index (χ2v) is 5.81. The number of carbonyl (C=O) groups excluding carboxylic acids is 1. The van der Waals surface area contributed by atoms with E-state index in [0.717, 1.165) is 27.9 Å². The molecule has 3 aromatic rings. The van der Waals surface area contributed by atoms with Gasteiger partial charge in [0.1, 0.15) is 0 Å². The number of carbonyl (C=O) groups is 1. The van der Waals surface area contributed by atoms with E-state index >= 15 is 0 Å². The molecule has 0 saturated heterocycles. The van der Waals surface area contributed by atoms with Crippen molar-refractivity contribution in [3.63, 3.8) is 0 Å². The molecule has 0 bridgehead atoms. The summed E-state index contributed by atoms with van der Waals surface area (Å²) in [6.45, 7) is 4.41. The summed E-state index contributed by atoms with van der Waals surface area (Å²) in [7, 11) is 0.